The van der Waals surface area contributed by atoms with Crippen molar-refractivity contribution in [2.24, 2.45) is 0 Å². The molecule has 0 bridgehead atoms. The molecule has 1 aromatic rings. The molecular formula is C13H24N4O2. The third-order valence-corrected chi connectivity index (χ3v) is 3.53. The highest BCUT2D eigenvalue weighted by atomic mass is 16.5. The Morgan fingerprint density at radius 1 is 1.47 bits per heavy atom. The molecule has 6 nitrogen and oxygen atoms in total. The normalized spacial score (nSPS) is 20.8. The number of nitrogens with zero attached hydrogens (tertiary/aromatic N) is 3. The highest BCUT2D eigenvalue weighted by Crippen LogP contribution is 2.18. The summed E-state index contributed by atoms with van der Waals surface area (Å²) in [5, 5.41) is 7.43. The van der Waals surface area contributed by atoms with Crippen LogP contribution in [0.3, 0.4) is 0 Å². The SMILES string of the molecule is COCCNCC1CCCCN1Cc1noc(C)n1. The summed E-state index contributed by atoms with van der Waals surface area (Å²) in [4.78, 5) is 6.74. The van der Waals surface area contributed by atoms with Crippen molar-refractivity contribution >= 4 is 0 Å². The minimum Gasteiger partial charge on any atom is -0.383 e. The lowest BCUT2D eigenvalue weighted by molar-refractivity contribution is 0.129. The van der Waals surface area contributed by atoms with Gasteiger partial charge in [0.25, 0.3) is 0 Å². The Hall–Kier alpha value is -0.980. The molecule has 108 valence electrons. The molecule has 1 aliphatic heterocycles. The van der Waals surface area contributed by atoms with Gasteiger partial charge in [-0.25, -0.2) is 0 Å². The number of nitrogens with one attached hydrogen (secondary N) is 1. The second-order valence-electron chi connectivity index (χ2n) is 5.05. The van der Waals surface area contributed by atoms with E-state index in [0.717, 1.165) is 38.6 Å². The smallest absolute Gasteiger partial charge is 0.223 e. The van der Waals surface area contributed by atoms with Crippen molar-refractivity contribution in [1.82, 2.24) is 20.4 Å². The lowest BCUT2D eigenvalue weighted by Gasteiger charge is -2.35. The Labute approximate surface area is 114 Å². The van der Waals surface area contributed by atoms with Crippen LogP contribution in [0.2, 0.25) is 0 Å². The standard InChI is InChI=1S/C13H24N4O2/c1-11-15-13(16-19-11)10-17-7-4-3-5-12(17)9-14-6-8-18-2/h12,14H,3-10H2,1-2H3. The maximum Gasteiger partial charge on any atom is 0.223 e. The first-order chi connectivity index (χ1) is 9.29. The van der Waals surface area contributed by atoms with E-state index in [1.54, 1.807) is 7.11 Å². The monoisotopic (exact) mass is 268 g/mol. The Balaban J connectivity index is 1.81. The molecule has 0 spiro atoms. The largest absolute Gasteiger partial charge is 0.383 e. The van der Waals surface area contributed by atoms with Crippen LogP contribution in [0, 0.1) is 6.92 Å². The van der Waals surface area contributed by atoms with E-state index in [9.17, 15) is 0 Å². The molecule has 2 heterocycles. The van der Waals surface area contributed by atoms with E-state index in [1.165, 1.54) is 19.3 Å². The molecule has 0 radical (unpaired) electrons. The number of rotatable bonds is 7. The second kappa shape index (κ2) is 7.57. The van der Waals surface area contributed by atoms with Gasteiger partial charge in [-0.05, 0) is 19.4 Å². The molecule has 1 N–H and O–H groups in total. The molecule has 0 saturated carbocycles. The lowest BCUT2D eigenvalue weighted by atomic mass is 10.0. The minimum absolute atomic E-state index is 0.560. The molecule has 19 heavy (non-hydrogen) atoms. The summed E-state index contributed by atoms with van der Waals surface area (Å²) in [5.41, 5.74) is 0. The van der Waals surface area contributed by atoms with Crippen LogP contribution in [0.25, 0.3) is 0 Å². The van der Waals surface area contributed by atoms with E-state index < -0.39 is 0 Å². The predicted molar refractivity (Wildman–Crippen MR) is 71.8 cm³/mol. The van der Waals surface area contributed by atoms with Gasteiger partial charge in [-0.3, -0.25) is 4.90 Å². The third-order valence-electron chi connectivity index (χ3n) is 3.53. The van der Waals surface area contributed by atoms with Gasteiger partial charge in [0.1, 0.15) is 0 Å². The maximum atomic E-state index is 5.05. The fourth-order valence-corrected chi connectivity index (χ4v) is 2.53. The summed E-state index contributed by atoms with van der Waals surface area (Å²) in [6.45, 7) is 6.40. The van der Waals surface area contributed by atoms with Crippen LogP contribution < -0.4 is 5.32 Å². The van der Waals surface area contributed by atoms with Crippen LogP contribution in [-0.2, 0) is 11.3 Å². The van der Waals surface area contributed by atoms with Crippen molar-refractivity contribution in [3.8, 4) is 0 Å². The van der Waals surface area contributed by atoms with Crippen LogP contribution in [0.5, 0.6) is 0 Å². The minimum atomic E-state index is 0.560. The molecule has 1 saturated heterocycles. The first-order valence-corrected chi connectivity index (χ1v) is 7.02. The zero-order valence-electron chi connectivity index (χ0n) is 11.9. The number of hydrogen-bond acceptors (Lipinski definition) is 6. The topological polar surface area (TPSA) is 63.4 Å². The average molecular weight is 268 g/mol. The van der Waals surface area contributed by atoms with E-state index in [2.05, 4.69) is 20.4 Å². The van der Waals surface area contributed by atoms with E-state index >= 15 is 0 Å². The summed E-state index contributed by atoms with van der Waals surface area (Å²) in [5.74, 6) is 1.43. The van der Waals surface area contributed by atoms with Crippen molar-refractivity contribution in [2.75, 3.05) is 33.4 Å². The van der Waals surface area contributed by atoms with E-state index in [1.807, 2.05) is 6.92 Å². The highest BCUT2D eigenvalue weighted by molar-refractivity contribution is 4.88. The van der Waals surface area contributed by atoms with Gasteiger partial charge in [0, 0.05) is 33.2 Å². The van der Waals surface area contributed by atoms with Crippen molar-refractivity contribution in [3.05, 3.63) is 11.7 Å². The Bertz CT molecular complexity index is 369. The zero-order valence-corrected chi connectivity index (χ0v) is 11.9. The number of aryl methyl sites for hydroxylation is 1. The number of methoxy groups -OCH3 is 1. The van der Waals surface area contributed by atoms with Crippen molar-refractivity contribution in [2.45, 2.75) is 38.8 Å². The van der Waals surface area contributed by atoms with E-state index in [0.29, 0.717) is 11.9 Å². The molecule has 1 aliphatic rings. The van der Waals surface area contributed by atoms with Crippen molar-refractivity contribution in [3.63, 3.8) is 0 Å². The number of piperidine rings is 1. The maximum absolute atomic E-state index is 5.05. The van der Waals surface area contributed by atoms with Crippen molar-refractivity contribution < 1.29 is 9.26 Å². The van der Waals surface area contributed by atoms with Crippen LogP contribution >= 0.6 is 0 Å². The van der Waals surface area contributed by atoms with Crippen LogP contribution in [0.15, 0.2) is 4.52 Å². The number of ether oxygens (including phenoxy) is 1. The van der Waals surface area contributed by atoms with Gasteiger partial charge in [0.05, 0.1) is 13.2 Å². The molecule has 0 aliphatic carbocycles. The summed E-state index contributed by atoms with van der Waals surface area (Å²) in [6.07, 6.45) is 3.79. The van der Waals surface area contributed by atoms with Crippen molar-refractivity contribution in [1.29, 1.82) is 0 Å². The number of hydrogen-bond donors (Lipinski definition) is 1. The van der Waals surface area contributed by atoms with Gasteiger partial charge in [-0.1, -0.05) is 11.6 Å². The summed E-state index contributed by atoms with van der Waals surface area (Å²) in [7, 11) is 1.73. The lowest BCUT2D eigenvalue weighted by Crippen LogP contribution is -2.45. The first-order valence-electron chi connectivity index (χ1n) is 7.02. The number of aromatic nitrogens is 2. The Morgan fingerprint density at radius 2 is 2.37 bits per heavy atom. The molecule has 1 aromatic heterocycles. The molecule has 1 fully saturated rings. The van der Waals surface area contributed by atoms with Gasteiger partial charge in [0.15, 0.2) is 5.82 Å². The van der Waals surface area contributed by atoms with Gasteiger partial charge in [0.2, 0.25) is 5.89 Å². The van der Waals surface area contributed by atoms with Crippen LogP contribution in [-0.4, -0.2) is 54.4 Å². The molecule has 0 aromatic carbocycles. The van der Waals surface area contributed by atoms with E-state index in [4.69, 9.17) is 9.26 Å². The number of likely N-dealkylation sites (tertiary alicyclic amines) is 1. The van der Waals surface area contributed by atoms with E-state index in [-0.39, 0.29) is 0 Å². The van der Waals surface area contributed by atoms with Crippen LogP contribution in [0.4, 0.5) is 0 Å². The highest BCUT2D eigenvalue weighted by Gasteiger charge is 2.23. The fraction of sp³-hybridized carbons (Fsp3) is 0.846. The quantitative estimate of drug-likeness (QED) is 0.743. The Morgan fingerprint density at radius 3 is 3.11 bits per heavy atom. The summed E-state index contributed by atoms with van der Waals surface area (Å²) in [6, 6.07) is 0.560. The second-order valence-corrected chi connectivity index (χ2v) is 5.05. The molecule has 0 amide bonds. The first kappa shape index (κ1) is 14.4. The molecule has 2 rings (SSSR count). The molecule has 1 unspecified atom stereocenters. The van der Waals surface area contributed by atoms with Gasteiger partial charge in [-0.15, -0.1) is 0 Å². The Kier molecular flexibility index (Phi) is 5.75. The molecule has 1 atom stereocenters. The van der Waals surface area contributed by atoms with Gasteiger partial charge >= 0.3 is 0 Å². The van der Waals surface area contributed by atoms with Gasteiger partial charge in [-0.2, -0.15) is 4.98 Å². The predicted octanol–water partition coefficient (Wildman–Crippen LogP) is 0.969. The van der Waals surface area contributed by atoms with Crippen LogP contribution in [0.1, 0.15) is 31.0 Å². The molecular weight excluding hydrogens is 244 g/mol. The third kappa shape index (κ3) is 4.56. The zero-order chi connectivity index (χ0) is 13.5. The van der Waals surface area contributed by atoms with Gasteiger partial charge < -0.3 is 14.6 Å². The summed E-state index contributed by atoms with van der Waals surface area (Å²) < 4.78 is 10.1. The average Bonchev–Trinajstić information content (AvgIpc) is 2.82. The fourth-order valence-electron chi connectivity index (χ4n) is 2.53. The molecule has 6 heteroatoms. The summed E-state index contributed by atoms with van der Waals surface area (Å²) >= 11 is 0.